The molecule has 19 heavy (non-hydrogen) atoms. The summed E-state index contributed by atoms with van der Waals surface area (Å²) in [6.07, 6.45) is 0. The maximum atomic E-state index is 6.17. The molecule has 102 valence electrons. The van der Waals surface area contributed by atoms with E-state index in [0.717, 1.165) is 17.1 Å². The van der Waals surface area contributed by atoms with Crippen molar-refractivity contribution in [2.24, 2.45) is 0 Å². The van der Waals surface area contributed by atoms with Gasteiger partial charge in [0.05, 0.1) is 12.3 Å². The Balaban J connectivity index is 2.52. The Morgan fingerprint density at radius 1 is 1.26 bits per heavy atom. The Kier molecular flexibility index (Phi) is 3.92. The zero-order chi connectivity index (χ0) is 14.0. The molecule has 0 amide bonds. The van der Waals surface area contributed by atoms with E-state index >= 15 is 0 Å². The van der Waals surface area contributed by atoms with E-state index in [0.29, 0.717) is 11.9 Å². The summed E-state index contributed by atoms with van der Waals surface area (Å²) in [4.78, 5) is 0. The van der Waals surface area contributed by atoms with E-state index in [1.807, 2.05) is 28.8 Å². The molecule has 0 aliphatic carbocycles. The van der Waals surface area contributed by atoms with Gasteiger partial charge in [0.15, 0.2) is 0 Å². The number of aromatic nitrogens is 3. The van der Waals surface area contributed by atoms with Crippen LogP contribution in [0.15, 0.2) is 24.3 Å². The molecule has 0 fully saturated rings. The third-order valence-corrected chi connectivity index (χ3v) is 3.02. The van der Waals surface area contributed by atoms with Crippen molar-refractivity contribution >= 4 is 11.6 Å². The number of nitrogens with zero attached hydrogens (tertiary/aromatic N) is 3. The lowest BCUT2D eigenvalue weighted by Crippen LogP contribution is -2.18. The van der Waals surface area contributed by atoms with Crippen molar-refractivity contribution in [1.29, 1.82) is 0 Å². The van der Waals surface area contributed by atoms with Gasteiger partial charge < -0.3 is 4.74 Å². The van der Waals surface area contributed by atoms with Gasteiger partial charge in [-0.15, -0.1) is 10.2 Å². The Bertz CT molecular complexity index is 572. The van der Waals surface area contributed by atoms with E-state index in [1.165, 1.54) is 0 Å². The predicted octanol–water partition coefficient (Wildman–Crippen LogP) is 3.36. The highest BCUT2D eigenvalue weighted by Crippen LogP contribution is 2.26. The molecule has 0 atom stereocenters. The molecule has 0 bridgehead atoms. The molecule has 1 aromatic heterocycles. The first-order valence-electron chi connectivity index (χ1n) is 6.13. The summed E-state index contributed by atoms with van der Waals surface area (Å²) < 4.78 is 7.03. The fourth-order valence-electron chi connectivity index (χ4n) is 1.93. The monoisotopic (exact) mass is 279 g/mol. The van der Waals surface area contributed by atoms with Crippen LogP contribution < -0.4 is 0 Å². The van der Waals surface area contributed by atoms with Gasteiger partial charge in [-0.3, -0.25) is 4.57 Å². The Morgan fingerprint density at radius 2 is 2.00 bits per heavy atom. The fourth-order valence-corrected chi connectivity index (χ4v) is 2.15. The van der Waals surface area contributed by atoms with E-state index < -0.39 is 0 Å². The largest absolute Gasteiger partial charge is 0.380 e. The lowest BCUT2D eigenvalue weighted by molar-refractivity contribution is 0.185. The molecule has 1 heterocycles. The van der Waals surface area contributed by atoms with Crippen LogP contribution in [0.25, 0.3) is 5.69 Å². The highest BCUT2D eigenvalue weighted by atomic mass is 35.5. The third kappa shape index (κ3) is 2.96. The first kappa shape index (κ1) is 14.0. The van der Waals surface area contributed by atoms with Gasteiger partial charge in [-0.2, -0.15) is 0 Å². The summed E-state index contributed by atoms with van der Waals surface area (Å²) in [5.74, 6) is 0.840. The van der Waals surface area contributed by atoms with Crippen LogP contribution in [0.4, 0.5) is 0 Å². The Morgan fingerprint density at radius 3 is 2.63 bits per heavy atom. The molecule has 4 nitrogen and oxygen atoms in total. The molecular weight excluding hydrogens is 262 g/mol. The molecule has 0 aliphatic rings. The summed E-state index contributed by atoms with van der Waals surface area (Å²) >= 11 is 6.17. The SMILES string of the molecule is COCc1cccc(-n2c(Cl)nnc2C(C)(C)C)c1. The van der Waals surface area contributed by atoms with Crippen molar-refractivity contribution in [3.8, 4) is 5.69 Å². The van der Waals surface area contributed by atoms with Crippen LogP contribution >= 0.6 is 11.6 Å². The minimum absolute atomic E-state index is 0.128. The Hall–Kier alpha value is -1.39. The summed E-state index contributed by atoms with van der Waals surface area (Å²) in [6.45, 7) is 6.83. The third-order valence-electron chi connectivity index (χ3n) is 2.77. The number of halogens is 1. The minimum atomic E-state index is -0.128. The average Bonchev–Trinajstić information content (AvgIpc) is 2.72. The summed E-state index contributed by atoms with van der Waals surface area (Å²) in [5.41, 5.74) is 1.91. The first-order chi connectivity index (χ1) is 8.93. The maximum absolute atomic E-state index is 6.17. The van der Waals surface area contributed by atoms with E-state index in [4.69, 9.17) is 16.3 Å². The molecule has 0 saturated heterocycles. The number of hydrogen-bond donors (Lipinski definition) is 0. The number of hydrogen-bond acceptors (Lipinski definition) is 3. The number of methoxy groups -OCH3 is 1. The second-order valence-electron chi connectivity index (χ2n) is 5.48. The fraction of sp³-hybridized carbons (Fsp3) is 0.429. The quantitative estimate of drug-likeness (QED) is 0.865. The standard InChI is InChI=1S/C14H18ClN3O/c1-14(2,3)12-16-17-13(15)18(12)11-7-5-6-10(8-11)9-19-4/h5-8H,9H2,1-4H3. The van der Waals surface area contributed by atoms with Crippen LogP contribution in [0.5, 0.6) is 0 Å². The van der Waals surface area contributed by atoms with Crippen LogP contribution in [-0.2, 0) is 16.8 Å². The summed E-state index contributed by atoms with van der Waals surface area (Å²) in [7, 11) is 1.68. The summed E-state index contributed by atoms with van der Waals surface area (Å²) in [5, 5.41) is 8.55. The smallest absolute Gasteiger partial charge is 0.229 e. The van der Waals surface area contributed by atoms with Crippen molar-refractivity contribution < 1.29 is 4.74 Å². The lowest BCUT2D eigenvalue weighted by atomic mass is 9.95. The molecule has 0 radical (unpaired) electrons. The first-order valence-corrected chi connectivity index (χ1v) is 6.51. The van der Waals surface area contributed by atoms with Crippen LogP contribution in [0.1, 0.15) is 32.2 Å². The molecule has 2 rings (SSSR count). The molecule has 5 heteroatoms. The van der Waals surface area contributed by atoms with Gasteiger partial charge in [-0.1, -0.05) is 32.9 Å². The second-order valence-corrected chi connectivity index (χ2v) is 5.82. The highest BCUT2D eigenvalue weighted by Gasteiger charge is 2.24. The van der Waals surface area contributed by atoms with Crippen molar-refractivity contribution in [3.05, 3.63) is 40.9 Å². The molecule has 0 N–H and O–H groups in total. The lowest BCUT2D eigenvalue weighted by Gasteiger charge is -2.19. The predicted molar refractivity (Wildman–Crippen MR) is 75.8 cm³/mol. The van der Waals surface area contributed by atoms with E-state index in [1.54, 1.807) is 7.11 Å². The molecule has 0 saturated carbocycles. The highest BCUT2D eigenvalue weighted by molar-refractivity contribution is 6.28. The van der Waals surface area contributed by atoms with Crippen molar-refractivity contribution in [1.82, 2.24) is 14.8 Å². The van der Waals surface area contributed by atoms with Gasteiger partial charge >= 0.3 is 0 Å². The Labute approximate surface area is 118 Å². The van der Waals surface area contributed by atoms with Gasteiger partial charge in [-0.25, -0.2) is 0 Å². The van der Waals surface area contributed by atoms with Gasteiger partial charge in [0.25, 0.3) is 0 Å². The van der Waals surface area contributed by atoms with Crippen molar-refractivity contribution in [2.45, 2.75) is 32.8 Å². The van der Waals surface area contributed by atoms with Crippen LogP contribution in [0, 0.1) is 0 Å². The average molecular weight is 280 g/mol. The summed E-state index contributed by atoms with van der Waals surface area (Å²) in [6, 6.07) is 8.02. The van der Waals surface area contributed by atoms with E-state index in [2.05, 4.69) is 31.0 Å². The minimum Gasteiger partial charge on any atom is -0.380 e. The molecule has 2 aromatic rings. The number of rotatable bonds is 3. The van der Waals surface area contributed by atoms with Gasteiger partial charge in [-0.05, 0) is 29.3 Å². The molecule has 0 aliphatic heterocycles. The molecular formula is C14H18ClN3O. The van der Waals surface area contributed by atoms with Gasteiger partial charge in [0.2, 0.25) is 5.28 Å². The van der Waals surface area contributed by atoms with Crippen LogP contribution in [0.2, 0.25) is 5.28 Å². The van der Waals surface area contributed by atoms with Crippen molar-refractivity contribution in [2.75, 3.05) is 7.11 Å². The van der Waals surface area contributed by atoms with Gasteiger partial charge in [0.1, 0.15) is 5.82 Å². The molecule has 1 aromatic carbocycles. The maximum Gasteiger partial charge on any atom is 0.229 e. The number of benzene rings is 1. The van der Waals surface area contributed by atoms with Crippen molar-refractivity contribution in [3.63, 3.8) is 0 Å². The van der Waals surface area contributed by atoms with E-state index in [-0.39, 0.29) is 5.41 Å². The van der Waals surface area contributed by atoms with Gasteiger partial charge in [0, 0.05) is 12.5 Å². The normalized spacial score (nSPS) is 11.8. The number of ether oxygens (including phenoxy) is 1. The second kappa shape index (κ2) is 5.31. The zero-order valence-corrected chi connectivity index (χ0v) is 12.4. The van der Waals surface area contributed by atoms with Crippen LogP contribution in [0.3, 0.4) is 0 Å². The molecule has 0 spiro atoms. The zero-order valence-electron chi connectivity index (χ0n) is 11.6. The topological polar surface area (TPSA) is 39.9 Å². The molecule has 0 unspecified atom stereocenters. The van der Waals surface area contributed by atoms with E-state index in [9.17, 15) is 0 Å². The van der Waals surface area contributed by atoms with Crippen LogP contribution in [-0.4, -0.2) is 21.9 Å².